The summed E-state index contributed by atoms with van der Waals surface area (Å²) in [5, 5.41) is 0.589. The Morgan fingerprint density at radius 1 is 1.11 bits per heavy atom. The minimum absolute atomic E-state index is 0.0845. The van der Waals surface area contributed by atoms with Gasteiger partial charge in [0.05, 0.1) is 4.90 Å². The minimum atomic E-state index is -3.79. The second-order valence-electron chi connectivity index (χ2n) is 6.75. The molecule has 0 saturated carbocycles. The Hall–Kier alpha value is -2.16. The number of rotatable bonds is 3. The summed E-state index contributed by atoms with van der Waals surface area (Å²) in [5.74, 6) is -0.127. The molecule has 28 heavy (non-hydrogen) atoms. The van der Waals surface area contributed by atoms with E-state index in [0.29, 0.717) is 17.2 Å². The molecule has 0 radical (unpaired) electrons. The van der Waals surface area contributed by atoms with E-state index in [9.17, 15) is 17.6 Å². The van der Waals surface area contributed by atoms with Crippen molar-refractivity contribution in [2.24, 2.45) is 0 Å². The number of sulfonamides is 1. The zero-order valence-corrected chi connectivity index (χ0v) is 16.4. The largest absolute Gasteiger partial charge is 0.480 e. The summed E-state index contributed by atoms with van der Waals surface area (Å²) in [6.07, 6.45) is -0.184. The predicted molar refractivity (Wildman–Crippen MR) is 101 cm³/mol. The van der Waals surface area contributed by atoms with E-state index in [1.165, 1.54) is 22.5 Å². The van der Waals surface area contributed by atoms with Crippen molar-refractivity contribution in [1.82, 2.24) is 9.21 Å². The first-order chi connectivity index (χ1) is 13.3. The van der Waals surface area contributed by atoms with Gasteiger partial charge in [0.2, 0.25) is 10.0 Å². The maximum Gasteiger partial charge on any atom is 0.264 e. The number of hydrogen-bond acceptors (Lipinski definition) is 4. The number of amides is 1. The lowest BCUT2D eigenvalue weighted by molar-refractivity contribution is -0.139. The maximum absolute atomic E-state index is 13.4. The molecule has 1 unspecified atom stereocenters. The molecule has 0 N–H and O–H groups in total. The molecule has 0 bridgehead atoms. The molecule has 1 saturated heterocycles. The smallest absolute Gasteiger partial charge is 0.264 e. The Morgan fingerprint density at radius 3 is 2.57 bits per heavy atom. The van der Waals surface area contributed by atoms with Gasteiger partial charge in [0.15, 0.2) is 6.10 Å². The number of carbonyl (C=O) groups is 1. The SMILES string of the molecule is O=C(C1Cc2cc(Cl)ccc2O1)N1CCN(S(=O)(=O)c2cccc(F)c2)CC1. The molecule has 1 fully saturated rings. The number of carbonyl (C=O) groups excluding carboxylic acids is 1. The summed E-state index contributed by atoms with van der Waals surface area (Å²) in [6, 6.07) is 10.2. The van der Waals surface area contributed by atoms with Crippen molar-refractivity contribution in [2.75, 3.05) is 26.2 Å². The third-order valence-corrected chi connectivity index (χ3v) is 7.09. The van der Waals surface area contributed by atoms with Crippen LogP contribution in [-0.4, -0.2) is 55.8 Å². The van der Waals surface area contributed by atoms with Gasteiger partial charge in [-0.25, -0.2) is 12.8 Å². The van der Waals surface area contributed by atoms with Crippen molar-refractivity contribution >= 4 is 27.5 Å². The number of piperazine rings is 1. The van der Waals surface area contributed by atoms with Crippen LogP contribution in [0.3, 0.4) is 0 Å². The third kappa shape index (κ3) is 3.59. The summed E-state index contributed by atoms with van der Waals surface area (Å²) in [5.41, 5.74) is 0.887. The Morgan fingerprint density at radius 2 is 1.86 bits per heavy atom. The van der Waals surface area contributed by atoms with Crippen molar-refractivity contribution in [3.63, 3.8) is 0 Å². The van der Waals surface area contributed by atoms with Gasteiger partial charge < -0.3 is 9.64 Å². The average molecular weight is 425 g/mol. The highest BCUT2D eigenvalue weighted by atomic mass is 35.5. The monoisotopic (exact) mass is 424 g/mol. The van der Waals surface area contributed by atoms with Crippen molar-refractivity contribution in [3.05, 3.63) is 58.9 Å². The van der Waals surface area contributed by atoms with Crippen LogP contribution in [0.4, 0.5) is 4.39 Å². The molecule has 6 nitrogen and oxygen atoms in total. The fraction of sp³-hybridized carbons (Fsp3) is 0.316. The molecule has 2 aromatic rings. The lowest BCUT2D eigenvalue weighted by atomic mass is 10.1. The normalized spacial score (nSPS) is 19.9. The van der Waals surface area contributed by atoms with Gasteiger partial charge in [0.25, 0.3) is 5.91 Å². The molecular weight excluding hydrogens is 407 g/mol. The number of nitrogens with zero attached hydrogens (tertiary/aromatic N) is 2. The van der Waals surface area contributed by atoms with Gasteiger partial charge in [-0.15, -0.1) is 0 Å². The van der Waals surface area contributed by atoms with Crippen LogP contribution >= 0.6 is 11.6 Å². The van der Waals surface area contributed by atoms with Crippen LogP contribution in [0.2, 0.25) is 5.02 Å². The molecule has 9 heteroatoms. The molecule has 1 atom stereocenters. The lowest BCUT2D eigenvalue weighted by Crippen LogP contribution is -2.53. The maximum atomic E-state index is 13.4. The zero-order valence-electron chi connectivity index (χ0n) is 14.8. The highest BCUT2D eigenvalue weighted by molar-refractivity contribution is 7.89. The van der Waals surface area contributed by atoms with Gasteiger partial charge in [-0.05, 0) is 42.0 Å². The van der Waals surface area contributed by atoms with Gasteiger partial charge in [-0.3, -0.25) is 4.79 Å². The van der Waals surface area contributed by atoms with E-state index >= 15 is 0 Å². The van der Waals surface area contributed by atoms with Gasteiger partial charge in [-0.1, -0.05) is 17.7 Å². The first-order valence-corrected chi connectivity index (χ1v) is 10.7. The summed E-state index contributed by atoms with van der Waals surface area (Å²) >= 11 is 5.98. The van der Waals surface area contributed by atoms with E-state index in [-0.39, 0.29) is 37.0 Å². The highest BCUT2D eigenvalue weighted by Gasteiger charge is 2.36. The van der Waals surface area contributed by atoms with Crippen LogP contribution in [0.1, 0.15) is 5.56 Å². The van der Waals surface area contributed by atoms with Crippen LogP contribution in [0.15, 0.2) is 47.4 Å². The van der Waals surface area contributed by atoms with Crippen molar-refractivity contribution in [3.8, 4) is 5.75 Å². The number of benzene rings is 2. The quantitative estimate of drug-likeness (QED) is 0.758. The molecule has 2 aliphatic heterocycles. The van der Waals surface area contributed by atoms with E-state index in [1.54, 1.807) is 23.1 Å². The molecule has 1 amide bonds. The van der Waals surface area contributed by atoms with E-state index < -0.39 is 21.9 Å². The molecule has 2 aliphatic rings. The summed E-state index contributed by atoms with van der Waals surface area (Å²) < 4.78 is 45.7. The van der Waals surface area contributed by atoms with Crippen molar-refractivity contribution < 1.29 is 22.3 Å². The molecule has 2 aromatic carbocycles. The van der Waals surface area contributed by atoms with Crippen LogP contribution in [0, 0.1) is 5.82 Å². The Balaban J connectivity index is 1.40. The Bertz CT molecular complexity index is 1020. The highest BCUT2D eigenvalue weighted by Crippen LogP contribution is 2.32. The van der Waals surface area contributed by atoms with Gasteiger partial charge >= 0.3 is 0 Å². The number of hydrogen-bond donors (Lipinski definition) is 0. The van der Waals surface area contributed by atoms with Gasteiger partial charge in [0, 0.05) is 37.6 Å². The fourth-order valence-corrected chi connectivity index (χ4v) is 5.13. The van der Waals surface area contributed by atoms with Crippen LogP contribution in [0.5, 0.6) is 5.75 Å². The molecule has 2 heterocycles. The second kappa shape index (κ2) is 7.35. The molecule has 0 aliphatic carbocycles. The van der Waals surface area contributed by atoms with Gasteiger partial charge in [0.1, 0.15) is 11.6 Å². The zero-order chi connectivity index (χ0) is 19.9. The van der Waals surface area contributed by atoms with Crippen molar-refractivity contribution in [2.45, 2.75) is 17.4 Å². The fourth-order valence-electron chi connectivity index (χ4n) is 3.48. The van der Waals surface area contributed by atoms with Crippen LogP contribution in [-0.2, 0) is 21.2 Å². The summed E-state index contributed by atoms with van der Waals surface area (Å²) in [7, 11) is -3.79. The topological polar surface area (TPSA) is 66.9 Å². The summed E-state index contributed by atoms with van der Waals surface area (Å²) in [6.45, 7) is 0.806. The van der Waals surface area contributed by atoms with Crippen LogP contribution < -0.4 is 4.74 Å². The van der Waals surface area contributed by atoms with E-state index in [4.69, 9.17) is 16.3 Å². The average Bonchev–Trinajstić information content (AvgIpc) is 3.10. The van der Waals surface area contributed by atoms with E-state index in [0.717, 1.165) is 11.6 Å². The molecule has 0 spiro atoms. The third-order valence-electron chi connectivity index (χ3n) is 4.96. The minimum Gasteiger partial charge on any atom is -0.480 e. The number of fused-ring (bicyclic) bond motifs is 1. The standard InChI is InChI=1S/C19H18ClFN2O4S/c20-14-4-5-17-13(10-14)11-18(27-17)19(24)22-6-8-23(9-7-22)28(25,26)16-3-1-2-15(21)12-16/h1-5,10,12,18H,6-9,11H2. The first-order valence-electron chi connectivity index (χ1n) is 8.84. The molecule has 4 rings (SSSR count). The van der Waals surface area contributed by atoms with Crippen LogP contribution in [0.25, 0.3) is 0 Å². The van der Waals surface area contributed by atoms with E-state index in [2.05, 4.69) is 0 Å². The Kier molecular flexibility index (Phi) is 5.03. The molecule has 148 valence electrons. The summed E-state index contributed by atoms with van der Waals surface area (Å²) in [4.78, 5) is 14.3. The second-order valence-corrected chi connectivity index (χ2v) is 9.12. The van der Waals surface area contributed by atoms with Crippen molar-refractivity contribution in [1.29, 1.82) is 0 Å². The van der Waals surface area contributed by atoms with E-state index in [1.807, 2.05) is 0 Å². The number of halogens is 2. The first kappa shape index (κ1) is 19.2. The number of ether oxygens (including phenoxy) is 1. The Labute approximate surface area is 167 Å². The van der Waals surface area contributed by atoms with Gasteiger partial charge in [-0.2, -0.15) is 4.31 Å². The predicted octanol–water partition coefficient (Wildman–Crippen LogP) is 2.32. The lowest BCUT2D eigenvalue weighted by Gasteiger charge is -2.35. The molecular formula is C19H18ClFN2O4S. The molecule has 0 aromatic heterocycles.